The summed E-state index contributed by atoms with van der Waals surface area (Å²) in [4.78, 5) is 11.9. The van der Waals surface area contributed by atoms with Crippen LogP contribution in [-0.2, 0) is 9.53 Å². The lowest BCUT2D eigenvalue weighted by Crippen LogP contribution is -2.36. The van der Waals surface area contributed by atoms with E-state index in [0.717, 1.165) is 12.8 Å². The molecule has 0 bridgehead atoms. The molecule has 0 amide bonds. The van der Waals surface area contributed by atoms with Gasteiger partial charge in [0.25, 0.3) is 0 Å². The Morgan fingerprint density at radius 2 is 1.94 bits per heavy atom. The number of hydrogen-bond donors (Lipinski definition) is 0. The average Bonchev–Trinajstić information content (AvgIpc) is 2.95. The van der Waals surface area contributed by atoms with Gasteiger partial charge in [0.15, 0.2) is 0 Å². The lowest BCUT2D eigenvalue weighted by molar-refractivity contribution is -0.157. The predicted octanol–water partition coefficient (Wildman–Crippen LogP) is 3.62. The van der Waals surface area contributed by atoms with Gasteiger partial charge in [-0.1, -0.05) is 27.2 Å². The Balaban J connectivity index is 1.92. The fourth-order valence-electron chi connectivity index (χ4n) is 2.89. The van der Waals surface area contributed by atoms with Crippen LogP contribution in [0, 0.1) is 23.7 Å². The predicted molar refractivity (Wildman–Crippen MR) is 69.0 cm³/mol. The molecule has 2 rings (SSSR count). The van der Waals surface area contributed by atoms with E-state index >= 15 is 0 Å². The molecule has 0 radical (unpaired) electrons. The first-order valence-electron chi connectivity index (χ1n) is 6.83. The number of ether oxygens (including phenoxy) is 1. The molecule has 0 aromatic rings. The molecule has 0 heterocycles. The largest absolute Gasteiger partial charge is 0.462 e. The summed E-state index contributed by atoms with van der Waals surface area (Å²) in [7, 11) is 0. The van der Waals surface area contributed by atoms with Crippen LogP contribution in [0.1, 0.15) is 46.5 Å². The van der Waals surface area contributed by atoms with Gasteiger partial charge in [0.05, 0.1) is 5.92 Å². The van der Waals surface area contributed by atoms with E-state index in [1.165, 1.54) is 12.8 Å². The van der Waals surface area contributed by atoms with Crippen molar-refractivity contribution in [3.05, 3.63) is 0 Å². The first-order valence-corrected chi connectivity index (χ1v) is 7.27. The lowest BCUT2D eigenvalue weighted by atomic mass is 9.75. The Morgan fingerprint density at radius 3 is 2.47 bits per heavy atom. The molecule has 5 atom stereocenters. The SMILES string of the molecule is CC(C)[C@H]1CC[C@H](C)C[C@@H]1OC(=O)[C@@H]1C[C@H]1Cl. The van der Waals surface area contributed by atoms with Crippen molar-refractivity contribution in [3.8, 4) is 0 Å². The fraction of sp³-hybridized carbons (Fsp3) is 0.929. The minimum absolute atomic E-state index is 0.0262. The summed E-state index contributed by atoms with van der Waals surface area (Å²) in [6.45, 7) is 6.70. The molecule has 2 aliphatic rings. The number of esters is 1. The highest BCUT2D eigenvalue weighted by Gasteiger charge is 2.45. The Hall–Kier alpha value is -0.240. The summed E-state index contributed by atoms with van der Waals surface area (Å²) in [5, 5.41) is 0.0287. The van der Waals surface area contributed by atoms with Gasteiger partial charge in [0.1, 0.15) is 6.10 Å². The van der Waals surface area contributed by atoms with Gasteiger partial charge in [-0.05, 0) is 37.0 Å². The van der Waals surface area contributed by atoms with Crippen LogP contribution in [0.15, 0.2) is 0 Å². The zero-order chi connectivity index (χ0) is 12.6. The van der Waals surface area contributed by atoms with Crippen LogP contribution >= 0.6 is 11.6 Å². The zero-order valence-electron chi connectivity index (χ0n) is 11.0. The van der Waals surface area contributed by atoms with E-state index < -0.39 is 0 Å². The van der Waals surface area contributed by atoms with E-state index in [9.17, 15) is 4.79 Å². The average molecular weight is 259 g/mol. The molecule has 0 saturated heterocycles. The molecule has 98 valence electrons. The molecule has 2 fully saturated rings. The fourth-order valence-corrected chi connectivity index (χ4v) is 3.19. The standard InChI is InChI=1S/C14H23ClO2/c1-8(2)10-5-4-9(3)6-13(10)17-14(16)11-7-12(11)15/h8-13H,4-7H2,1-3H3/t9-,10+,11+,12+,13-/m0/s1. The molecule has 3 heteroatoms. The number of carbonyl (C=O) groups is 1. The number of halogens is 1. The Kier molecular flexibility index (Phi) is 4.02. The Bertz CT molecular complexity index is 290. The van der Waals surface area contributed by atoms with E-state index in [2.05, 4.69) is 20.8 Å². The Labute approximate surface area is 109 Å². The van der Waals surface area contributed by atoms with Crippen molar-refractivity contribution >= 4 is 17.6 Å². The van der Waals surface area contributed by atoms with Gasteiger partial charge >= 0.3 is 5.97 Å². The molecule has 0 N–H and O–H groups in total. The minimum Gasteiger partial charge on any atom is -0.462 e. The van der Waals surface area contributed by atoms with Gasteiger partial charge in [-0.25, -0.2) is 0 Å². The first kappa shape index (κ1) is 13.2. The van der Waals surface area contributed by atoms with Crippen LogP contribution in [0.5, 0.6) is 0 Å². The highest BCUT2D eigenvalue weighted by Crippen LogP contribution is 2.40. The van der Waals surface area contributed by atoms with Gasteiger partial charge in [0.2, 0.25) is 0 Å². The summed E-state index contributed by atoms with van der Waals surface area (Å²) < 4.78 is 5.71. The maximum absolute atomic E-state index is 11.9. The van der Waals surface area contributed by atoms with Crippen molar-refractivity contribution in [2.24, 2.45) is 23.7 Å². The molecule has 0 unspecified atom stereocenters. The number of rotatable bonds is 3. The number of carbonyl (C=O) groups excluding carboxylic acids is 1. The number of hydrogen-bond acceptors (Lipinski definition) is 2. The second-order valence-corrected chi connectivity index (χ2v) is 6.72. The molecule has 2 aliphatic carbocycles. The molecule has 2 nitrogen and oxygen atoms in total. The van der Waals surface area contributed by atoms with Gasteiger partial charge < -0.3 is 4.74 Å². The second kappa shape index (κ2) is 5.17. The third-order valence-corrected chi connectivity index (χ3v) is 4.73. The van der Waals surface area contributed by atoms with Gasteiger partial charge in [-0.2, -0.15) is 0 Å². The van der Waals surface area contributed by atoms with Crippen LogP contribution in [-0.4, -0.2) is 17.5 Å². The van der Waals surface area contributed by atoms with Crippen molar-refractivity contribution in [1.82, 2.24) is 0 Å². The van der Waals surface area contributed by atoms with Crippen molar-refractivity contribution in [2.45, 2.75) is 57.9 Å². The Morgan fingerprint density at radius 1 is 1.29 bits per heavy atom. The summed E-state index contributed by atoms with van der Waals surface area (Å²) in [6, 6.07) is 0. The van der Waals surface area contributed by atoms with Crippen molar-refractivity contribution in [1.29, 1.82) is 0 Å². The highest BCUT2D eigenvalue weighted by molar-refractivity contribution is 6.24. The van der Waals surface area contributed by atoms with Crippen LogP contribution < -0.4 is 0 Å². The summed E-state index contributed by atoms with van der Waals surface area (Å²) in [6.07, 6.45) is 4.39. The smallest absolute Gasteiger partial charge is 0.310 e. The molecule has 0 aliphatic heterocycles. The zero-order valence-corrected chi connectivity index (χ0v) is 11.7. The normalized spacial score (nSPS) is 41.4. The van der Waals surface area contributed by atoms with E-state index in [1.807, 2.05) is 0 Å². The highest BCUT2D eigenvalue weighted by atomic mass is 35.5. The van der Waals surface area contributed by atoms with E-state index in [-0.39, 0.29) is 23.4 Å². The topological polar surface area (TPSA) is 26.3 Å². The molecular formula is C14H23ClO2. The first-order chi connectivity index (χ1) is 7.99. The van der Waals surface area contributed by atoms with Crippen molar-refractivity contribution < 1.29 is 9.53 Å². The molecule has 17 heavy (non-hydrogen) atoms. The molecule has 2 saturated carbocycles. The van der Waals surface area contributed by atoms with E-state index in [1.54, 1.807) is 0 Å². The summed E-state index contributed by atoms with van der Waals surface area (Å²) in [5.41, 5.74) is 0. The maximum atomic E-state index is 11.9. The minimum atomic E-state index is -0.0604. The van der Waals surface area contributed by atoms with Crippen LogP contribution in [0.2, 0.25) is 0 Å². The molecular weight excluding hydrogens is 236 g/mol. The molecule has 0 spiro atoms. The van der Waals surface area contributed by atoms with Gasteiger partial charge in [0, 0.05) is 5.38 Å². The summed E-state index contributed by atoms with van der Waals surface area (Å²) in [5.74, 6) is 1.71. The van der Waals surface area contributed by atoms with Crippen LogP contribution in [0.3, 0.4) is 0 Å². The van der Waals surface area contributed by atoms with Crippen molar-refractivity contribution in [2.75, 3.05) is 0 Å². The maximum Gasteiger partial charge on any atom is 0.310 e. The van der Waals surface area contributed by atoms with Crippen LogP contribution in [0.4, 0.5) is 0 Å². The second-order valence-electron chi connectivity index (χ2n) is 6.16. The third kappa shape index (κ3) is 3.15. The van der Waals surface area contributed by atoms with E-state index in [0.29, 0.717) is 17.8 Å². The lowest BCUT2D eigenvalue weighted by Gasteiger charge is -2.36. The van der Waals surface area contributed by atoms with E-state index in [4.69, 9.17) is 16.3 Å². The van der Waals surface area contributed by atoms with Crippen LogP contribution in [0.25, 0.3) is 0 Å². The third-order valence-electron chi connectivity index (χ3n) is 4.24. The number of alkyl halides is 1. The monoisotopic (exact) mass is 258 g/mol. The van der Waals surface area contributed by atoms with Crippen molar-refractivity contribution in [3.63, 3.8) is 0 Å². The quantitative estimate of drug-likeness (QED) is 0.571. The van der Waals surface area contributed by atoms with Gasteiger partial charge in [-0.3, -0.25) is 4.79 Å². The van der Waals surface area contributed by atoms with Gasteiger partial charge in [-0.15, -0.1) is 11.6 Å². The summed E-state index contributed by atoms with van der Waals surface area (Å²) >= 11 is 5.89. The molecule has 0 aromatic heterocycles. The molecule has 0 aromatic carbocycles.